The Hall–Kier alpha value is -3.79. The van der Waals surface area contributed by atoms with Crippen molar-refractivity contribution in [3.63, 3.8) is 0 Å². The fourth-order valence-corrected chi connectivity index (χ4v) is 3.61. The first kappa shape index (κ1) is 22.4. The molecule has 0 spiro atoms. The van der Waals surface area contributed by atoms with Gasteiger partial charge in [0, 0.05) is 37.5 Å². The van der Waals surface area contributed by atoms with E-state index in [0.717, 1.165) is 11.3 Å². The highest BCUT2D eigenvalue weighted by molar-refractivity contribution is 7.71. The molecule has 2 aromatic heterocycles. The molecular formula is C23H23FN6O2S. The predicted molar refractivity (Wildman–Crippen MR) is 124 cm³/mol. The van der Waals surface area contributed by atoms with E-state index < -0.39 is 0 Å². The van der Waals surface area contributed by atoms with Gasteiger partial charge in [0.1, 0.15) is 11.6 Å². The summed E-state index contributed by atoms with van der Waals surface area (Å²) >= 11 is 5.33. The number of nitrogens with zero attached hydrogens (tertiary/aromatic N) is 4. The average Bonchev–Trinajstić information content (AvgIpc) is 3.47. The van der Waals surface area contributed by atoms with Gasteiger partial charge in [0.2, 0.25) is 5.91 Å². The number of nitrogens with one attached hydrogen (secondary N) is 2. The maximum atomic E-state index is 14.4. The third kappa shape index (κ3) is 5.35. The van der Waals surface area contributed by atoms with E-state index in [9.17, 15) is 9.18 Å². The van der Waals surface area contributed by atoms with Crippen molar-refractivity contribution in [1.82, 2.24) is 29.6 Å². The van der Waals surface area contributed by atoms with Crippen molar-refractivity contribution in [2.75, 3.05) is 6.61 Å². The molecule has 2 heterocycles. The van der Waals surface area contributed by atoms with Crippen LogP contribution in [0.3, 0.4) is 0 Å². The van der Waals surface area contributed by atoms with Crippen LogP contribution in [0.2, 0.25) is 0 Å². The Morgan fingerprint density at radius 1 is 1.24 bits per heavy atom. The van der Waals surface area contributed by atoms with Crippen molar-refractivity contribution in [3.8, 4) is 22.8 Å². The van der Waals surface area contributed by atoms with Gasteiger partial charge in [-0.15, -0.1) is 0 Å². The number of hydrogen-bond acceptors (Lipinski definition) is 5. The zero-order valence-electron chi connectivity index (χ0n) is 18.0. The second-order valence-electron chi connectivity index (χ2n) is 7.24. The average molecular weight is 467 g/mol. The molecule has 0 atom stereocenters. The normalized spacial score (nSPS) is 10.8. The largest absolute Gasteiger partial charge is 0.494 e. The van der Waals surface area contributed by atoms with Crippen LogP contribution in [-0.4, -0.2) is 36.8 Å². The summed E-state index contributed by atoms with van der Waals surface area (Å²) in [5.74, 6) is 0.864. The molecule has 0 aliphatic rings. The maximum absolute atomic E-state index is 14.4. The number of halogens is 1. The smallest absolute Gasteiger partial charge is 0.222 e. The molecule has 0 bridgehead atoms. The summed E-state index contributed by atoms with van der Waals surface area (Å²) in [6.07, 6.45) is 4.99. The molecule has 33 heavy (non-hydrogen) atoms. The summed E-state index contributed by atoms with van der Waals surface area (Å²) in [4.78, 5) is 16.3. The number of carbonyl (C=O) groups is 1. The number of carbonyl (C=O) groups excluding carboxylic acids is 1. The third-order valence-corrected chi connectivity index (χ3v) is 5.34. The number of rotatable bonds is 9. The number of aromatic nitrogens is 5. The first-order valence-electron chi connectivity index (χ1n) is 10.5. The molecule has 2 aromatic carbocycles. The number of H-pyrrole nitrogens is 1. The topological polar surface area (TPSA) is 89.8 Å². The summed E-state index contributed by atoms with van der Waals surface area (Å²) in [6.45, 7) is 3.10. The summed E-state index contributed by atoms with van der Waals surface area (Å²) in [6, 6.07) is 12.4. The molecule has 2 N–H and O–H groups in total. The van der Waals surface area contributed by atoms with E-state index >= 15 is 0 Å². The molecule has 0 radical (unpaired) electrons. The summed E-state index contributed by atoms with van der Waals surface area (Å²) in [7, 11) is 0. The van der Waals surface area contributed by atoms with Crippen molar-refractivity contribution in [2.24, 2.45) is 0 Å². The Labute approximate surface area is 195 Å². The lowest BCUT2D eigenvalue weighted by Crippen LogP contribution is -2.24. The fourth-order valence-electron chi connectivity index (χ4n) is 3.39. The van der Waals surface area contributed by atoms with Crippen LogP contribution < -0.4 is 10.1 Å². The molecular weight excluding hydrogens is 443 g/mol. The predicted octanol–water partition coefficient (Wildman–Crippen LogP) is 4.04. The number of ether oxygens (including phenoxy) is 1. The highest BCUT2D eigenvalue weighted by Crippen LogP contribution is 2.21. The lowest BCUT2D eigenvalue weighted by atomic mass is 10.2. The van der Waals surface area contributed by atoms with Gasteiger partial charge in [-0.05, 0) is 61.1 Å². The standard InChI is InChI=1S/C23H23FN6O2S/c1-2-32-18-6-4-17(5-7-18)22-27-28-23(33)30(22)11-9-21(31)26-14-16-3-8-20(19(24)13-16)29-12-10-25-15-29/h3-8,10,12-13,15H,2,9,11,14H2,1H3,(H,26,31)(H,28,33). The molecule has 0 fully saturated rings. The van der Waals surface area contributed by atoms with Gasteiger partial charge in [0.25, 0.3) is 0 Å². The number of aromatic amines is 1. The molecule has 170 valence electrons. The molecule has 0 aliphatic heterocycles. The Balaban J connectivity index is 1.35. The molecule has 1 amide bonds. The van der Waals surface area contributed by atoms with Crippen molar-refractivity contribution in [3.05, 3.63) is 77.3 Å². The molecule has 0 unspecified atom stereocenters. The molecule has 8 nitrogen and oxygen atoms in total. The molecule has 10 heteroatoms. The van der Waals surface area contributed by atoms with E-state index in [1.165, 1.54) is 12.4 Å². The van der Waals surface area contributed by atoms with Gasteiger partial charge in [0.15, 0.2) is 10.6 Å². The third-order valence-electron chi connectivity index (χ3n) is 5.03. The van der Waals surface area contributed by atoms with Gasteiger partial charge in [-0.3, -0.25) is 14.5 Å². The molecule has 0 saturated carbocycles. The minimum Gasteiger partial charge on any atom is -0.494 e. The van der Waals surface area contributed by atoms with Crippen molar-refractivity contribution in [1.29, 1.82) is 0 Å². The number of benzene rings is 2. The van der Waals surface area contributed by atoms with Gasteiger partial charge in [0.05, 0.1) is 18.6 Å². The SMILES string of the molecule is CCOc1ccc(-c2n[nH]c(=S)n2CCC(=O)NCc2ccc(-n3ccnc3)c(F)c2)cc1. The van der Waals surface area contributed by atoms with Crippen LogP contribution in [0, 0.1) is 10.6 Å². The monoisotopic (exact) mass is 466 g/mol. The van der Waals surface area contributed by atoms with Gasteiger partial charge in [-0.2, -0.15) is 5.10 Å². The highest BCUT2D eigenvalue weighted by atomic mass is 32.1. The quantitative estimate of drug-likeness (QED) is 0.364. The second kappa shape index (κ2) is 10.2. The zero-order valence-corrected chi connectivity index (χ0v) is 18.8. The Morgan fingerprint density at radius 2 is 2.06 bits per heavy atom. The second-order valence-corrected chi connectivity index (χ2v) is 7.63. The van der Waals surface area contributed by atoms with Gasteiger partial charge >= 0.3 is 0 Å². The first-order valence-corrected chi connectivity index (χ1v) is 10.9. The van der Waals surface area contributed by atoms with Gasteiger partial charge in [-0.1, -0.05) is 6.07 Å². The summed E-state index contributed by atoms with van der Waals surface area (Å²) in [5, 5.41) is 9.91. The summed E-state index contributed by atoms with van der Waals surface area (Å²) < 4.78 is 23.7. The highest BCUT2D eigenvalue weighted by Gasteiger charge is 2.12. The van der Waals surface area contributed by atoms with Crippen molar-refractivity contribution >= 4 is 18.1 Å². The van der Waals surface area contributed by atoms with Crippen LogP contribution in [0.25, 0.3) is 17.1 Å². The number of hydrogen-bond donors (Lipinski definition) is 2. The molecule has 0 saturated heterocycles. The number of amides is 1. The van der Waals surface area contributed by atoms with Gasteiger partial charge in [-0.25, -0.2) is 9.37 Å². The van der Waals surface area contributed by atoms with Crippen LogP contribution in [0.5, 0.6) is 5.75 Å². The van der Waals surface area contributed by atoms with Gasteiger partial charge < -0.3 is 14.6 Å². The van der Waals surface area contributed by atoms with E-state index in [2.05, 4.69) is 20.5 Å². The minimum absolute atomic E-state index is 0.171. The fraction of sp³-hybridized carbons (Fsp3) is 0.217. The minimum atomic E-state index is -0.385. The Kier molecular flexibility index (Phi) is 6.94. The number of imidazole rings is 1. The lowest BCUT2D eigenvalue weighted by molar-refractivity contribution is -0.121. The lowest BCUT2D eigenvalue weighted by Gasteiger charge is -2.10. The van der Waals surface area contributed by atoms with Crippen molar-refractivity contribution < 1.29 is 13.9 Å². The maximum Gasteiger partial charge on any atom is 0.222 e. The zero-order chi connectivity index (χ0) is 23.2. The first-order chi connectivity index (χ1) is 16.0. The van der Waals surface area contributed by atoms with Crippen LogP contribution in [0.15, 0.2) is 61.2 Å². The van der Waals surface area contributed by atoms with E-state index in [1.54, 1.807) is 33.7 Å². The van der Waals surface area contributed by atoms with E-state index in [1.807, 2.05) is 31.2 Å². The Bertz CT molecular complexity index is 1280. The molecule has 4 aromatic rings. The van der Waals surface area contributed by atoms with Crippen LogP contribution in [0.4, 0.5) is 4.39 Å². The van der Waals surface area contributed by atoms with Crippen molar-refractivity contribution in [2.45, 2.75) is 26.4 Å². The van der Waals surface area contributed by atoms with Crippen LogP contribution in [-0.2, 0) is 17.9 Å². The molecule has 0 aliphatic carbocycles. The summed E-state index contributed by atoms with van der Waals surface area (Å²) in [5.41, 5.74) is 1.93. The Morgan fingerprint density at radius 3 is 2.76 bits per heavy atom. The molecule has 4 rings (SSSR count). The van der Waals surface area contributed by atoms with E-state index in [4.69, 9.17) is 17.0 Å². The van der Waals surface area contributed by atoms with E-state index in [-0.39, 0.29) is 24.7 Å². The van der Waals surface area contributed by atoms with Crippen LogP contribution >= 0.6 is 12.2 Å². The van der Waals surface area contributed by atoms with Crippen LogP contribution in [0.1, 0.15) is 18.9 Å². The van der Waals surface area contributed by atoms with E-state index in [0.29, 0.717) is 35.0 Å².